The summed E-state index contributed by atoms with van der Waals surface area (Å²) in [6.45, 7) is 6.71. The van der Waals surface area contributed by atoms with Crippen LogP contribution in [0.1, 0.15) is 20.8 Å². The van der Waals surface area contributed by atoms with Gasteiger partial charge in [0.2, 0.25) is 0 Å². The zero-order valence-corrected chi connectivity index (χ0v) is 12.1. The van der Waals surface area contributed by atoms with Crippen molar-refractivity contribution < 1.29 is 0 Å². The molecule has 0 saturated carbocycles. The van der Waals surface area contributed by atoms with E-state index in [1.807, 2.05) is 0 Å². The molecule has 1 aromatic heterocycles. The summed E-state index contributed by atoms with van der Waals surface area (Å²) in [7, 11) is -1.50. The number of hydrogen-bond acceptors (Lipinski definition) is 3. The Labute approximate surface area is 101 Å². The van der Waals surface area contributed by atoms with Crippen LogP contribution in [0, 0.1) is 0 Å². The fourth-order valence-electron chi connectivity index (χ4n) is 2.02. The maximum atomic E-state index is 5.94. The van der Waals surface area contributed by atoms with Crippen molar-refractivity contribution in [1.29, 1.82) is 0 Å². The molecule has 1 aromatic rings. The van der Waals surface area contributed by atoms with Crippen molar-refractivity contribution >= 4 is 35.1 Å². The average Bonchev–Trinajstić information content (AvgIpc) is 2.26. The maximum Gasteiger partial charge on any atom is 0.140 e. The molecule has 84 valence electrons. The van der Waals surface area contributed by atoms with Crippen molar-refractivity contribution in [2.45, 2.75) is 38.9 Å². The van der Waals surface area contributed by atoms with Crippen LogP contribution < -0.4 is 11.1 Å². The summed E-state index contributed by atoms with van der Waals surface area (Å²) in [6.07, 6.45) is 1.67. The fraction of sp³-hybridized carbons (Fsp3) is 0.600. The lowest BCUT2D eigenvalue weighted by atomic mass is 10.7. The van der Waals surface area contributed by atoms with E-state index in [4.69, 9.17) is 5.73 Å². The minimum atomic E-state index is -1.50. The highest BCUT2D eigenvalue weighted by atomic mass is 79.9. The summed E-state index contributed by atoms with van der Waals surface area (Å²) in [5.74, 6) is 0.621. The Hall–Kier alpha value is -0.423. The van der Waals surface area contributed by atoms with Crippen LogP contribution in [0.3, 0.4) is 0 Å². The number of nitrogens with two attached hydrogens (primary N) is 1. The van der Waals surface area contributed by atoms with Crippen LogP contribution in [0.25, 0.3) is 0 Å². The molecule has 0 radical (unpaired) electrons. The van der Waals surface area contributed by atoms with Crippen molar-refractivity contribution in [3.8, 4) is 0 Å². The second-order valence-electron chi connectivity index (χ2n) is 3.77. The molecule has 0 aliphatic rings. The SMILES string of the molecule is CC[Si](CC)(CC)c1nc(Br)cnc1N. The highest BCUT2D eigenvalue weighted by Crippen LogP contribution is 2.21. The van der Waals surface area contributed by atoms with Gasteiger partial charge >= 0.3 is 0 Å². The lowest BCUT2D eigenvalue weighted by Crippen LogP contribution is -2.49. The van der Waals surface area contributed by atoms with Crippen LogP contribution in [0.5, 0.6) is 0 Å². The van der Waals surface area contributed by atoms with Gasteiger partial charge in [-0.05, 0) is 15.9 Å². The third-order valence-electron chi connectivity index (χ3n) is 3.30. The monoisotopic (exact) mass is 287 g/mol. The van der Waals surface area contributed by atoms with Gasteiger partial charge in [-0.3, -0.25) is 0 Å². The van der Waals surface area contributed by atoms with E-state index in [-0.39, 0.29) is 0 Å². The van der Waals surface area contributed by atoms with Gasteiger partial charge in [-0.15, -0.1) is 0 Å². The van der Waals surface area contributed by atoms with Gasteiger partial charge in [0.1, 0.15) is 18.5 Å². The number of rotatable bonds is 4. The Bertz CT molecular complexity index is 331. The molecule has 0 aliphatic carbocycles. The van der Waals surface area contributed by atoms with Crippen molar-refractivity contribution in [2.75, 3.05) is 5.73 Å². The van der Waals surface area contributed by atoms with Gasteiger partial charge in [0.15, 0.2) is 0 Å². The van der Waals surface area contributed by atoms with Gasteiger partial charge in [0, 0.05) is 0 Å². The summed E-state index contributed by atoms with van der Waals surface area (Å²) in [6, 6.07) is 3.53. The van der Waals surface area contributed by atoms with Crippen molar-refractivity contribution in [3.63, 3.8) is 0 Å². The molecule has 1 heterocycles. The van der Waals surface area contributed by atoms with Crippen molar-refractivity contribution in [2.24, 2.45) is 0 Å². The zero-order valence-electron chi connectivity index (χ0n) is 9.55. The average molecular weight is 288 g/mol. The molecule has 0 amide bonds. The zero-order chi connectivity index (χ0) is 11.5. The number of aromatic nitrogens is 2. The smallest absolute Gasteiger partial charge is 0.140 e. The third kappa shape index (κ3) is 2.39. The molecule has 0 aliphatic heterocycles. The van der Waals surface area contributed by atoms with Crippen molar-refractivity contribution in [1.82, 2.24) is 9.97 Å². The molecule has 0 aromatic carbocycles. The van der Waals surface area contributed by atoms with Crippen LogP contribution in [-0.2, 0) is 0 Å². The van der Waals surface area contributed by atoms with Gasteiger partial charge in [-0.25, -0.2) is 9.97 Å². The molecule has 0 saturated heterocycles. The third-order valence-corrected chi connectivity index (χ3v) is 9.12. The first-order valence-corrected chi connectivity index (χ1v) is 8.79. The molecule has 0 unspecified atom stereocenters. The first-order valence-electron chi connectivity index (χ1n) is 5.38. The Balaban J connectivity index is 3.27. The Morgan fingerprint density at radius 2 is 1.80 bits per heavy atom. The maximum absolute atomic E-state index is 5.94. The first-order chi connectivity index (χ1) is 7.09. The van der Waals surface area contributed by atoms with Gasteiger partial charge in [-0.1, -0.05) is 38.9 Å². The van der Waals surface area contributed by atoms with E-state index in [1.165, 1.54) is 18.1 Å². The van der Waals surface area contributed by atoms with Gasteiger partial charge in [-0.2, -0.15) is 0 Å². The van der Waals surface area contributed by atoms with Crippen LogP contribution in [-0.4, -0.2) is 18.0 Å². The van der Waals surface area contributed by atoms with E-state index in [0.717, 1.165) is 9.92 Å². The van der Waals surface area contributed by atoms with Crippen LogP contribution in [0.2, 0.25) is 18.1 Å². The van der Waals surface area contributed by atoms with Crippen LogP contribution in [0.4, 0.5) is 5.82 Å². The molecule has 0 fully saturated rings. The van der Waals surface area contributed by atoms with Gasteiger partial charge in [0.05, 0.1) is 11.5 Å². The van der Waals surface area contributed by atoms with E-state index in [0.29, 0.717) is 5.82 Å². The minimum Gasteiger partial charge on any atom is -0.383 e. The summed E-state index contributed by atoms with van der Waals surface area (Å²) >= 11 is 3.37. The molecule has 0 bridgehead atoms. The number of hydrogen-bond donors (Lipinski definition) is 1. The second-order valence-corrected chi connectivity index (χ2v) is 9.74. The largest absolute Gasteiger partial charge is 0.383 e. The highest BCUT2D eigenvalue weighted by molar-refractivity contribution is 9.10. The van der Waals surface area contributed by atoms with Crippen LogP contribution >= 0.6 is 15.9 Å². The van der Waals surface area contributed by atoms with Gasteiger partial charge < -0.3 is 5.73 Å². The number of nitrogen functional groups attached to an aromatic ring is 1. The molecule has 3 nitrogen and oxygen atoms in total. The van der Waals surface area contributed by atoms with E-state index in [9.17, 15) is 0 Å². The number of anilines is 1. The lowest BCUT2D eigenvalue weighted by molar-refractivity contribution is 1.14. The minimum absolute atomic E-state index is 0.621. The molecule has 0 atom stereocenters. The molecule has 1 rings (SSSR count). The Morgan fingerprint density at radius 3 is 2.27 bits per heavy atom. The Morgan fingerprint density at radius 1 is 1.27 bits per heavy atom. The molecular formula is C10H18BrN3Si. The Kier molecular flexibility index (Phi) is 4.28. The second kappa shape index (κ2) is 5.07. The summed E-state index contributed by atoms with van der Waals surface area (Å²) in [5.41, 5.74) is 5.94. The predicted octanol–water partition coefficient (Wildman–Crippen LogP) is 2.54. The summed E-state index contributed by atoms with van der Waals surface area (Å²) in [4.78, 5) is 8.74. The number of nitrogens with zero attached hydrogens (tertiary/aromatic N) is 2. The molecule has 0 spiro atoms. The standard InChI is InChI=1S/C10H18BrN3Si/c1-4-15(5-2,6-3)10-9(12)13-7-8(11)14-10/h7H,4-6H2,1-3H3,(H2,12,13). The lowest BCUT2D eigenvalue weighted by Gasteiger charge is -2.27. The molecule has 15 heavy (non-hydrogen) atoms. The predicted molar refractivity (Wildman–Crippen MR) is 71.0 cm³/mol. The molecule has 2 N–H and O–H groups in total. The fourth-order valence-corrected chi connectivity index (χ4v) is 5.93. The van der Waals surface area contributed by atoms with E-state index in [1.54, 1.807) is 6.20 Å². The summed E-state index contributed by atoms with van der Waals surface area (Å²) in [5, 5.41) is 1.07. The highest BCUT2D eigenvalue weighted by Gasteiger charge is 2.33. The quantitative estimate of drug-likeness (QED) is 0.866. The van der Waals surface area contributed by atoms with E-state index >= 15 is 0 Å². The van der Waals surface area contributed by atoms with Crippen LogP contribution in [0.15, 0.2) is 10.8 Å². The van der Waals surface area contributed by atoms with E-state index < -0.39 is 8.07 Å². The molecular weight excluding hydrogens is 270 g/mol. The first kappa shape index (κ1) is 12.6. The van der Waals surface area contributed by atoms with Crippen molar-refractivity contribution in [3.05, 3.63) is 10.8 Å². The molecule has 5 heteroatoms. The number of halogens is 1. The van der Waals surface area contributed by atoms with E-state index in [2.05, 4.69) is 46.7 Å². The normalized spacial score (nSPS) is 11.7. The topological polar surface area (TPSA) is 51.8 Å². The van der Waals surface area contributed by atoms with Gasteiger partial charge in [0.25, 0.3) is 0 Å². The summed E-state index contributed by atoms with van der Waals surface area (Å²) < 4.78 is 0.791.